The van der Waals surface area contributed by atoms with Crippen LogP contribution in [0.25, 0.3) is 0 Å². The van der Waals surface area contributed by atoms with Crippen molar-refractivity contribution in [3.63, 3.8) is 0 Å². The zero-order valence-corrected chi connectivity index (χ0v) is 13.2. The molecular formula is C18H22O4. The van der Waals surface area contributed by atoms with Crippen molar-refractivity contribution in [1.82, 2.24) is 0 Å². The summed E-state index contributed by atoms with van der Waals surface area (Å²) in [7, 11) is 4.91. The van der Waals surface area contributed by atoms with E-state index in [-0.39, 0.29) is 12.5 Å². The van der Waals surface area contributed by atoms with Gasteiger partial charge in [0, 0.05) is 12.0 Å². The lowest BCUT2D eigenvalue weighted by Crippen LogP contribution is -2.09. The summed E-state index contributed by atoms with van der Waals surface area (Å²) < 4.78 is 15.8. The highest BCUT2D eigenvalue weighted by molar-refractivity contribution is 5.42. The van der Waals surface area contributed by atoms with Gasteiger partial charge in [-0.15, -0.1) is 0 Å². The summed E-state index contributed by atoms with van der Waals surface area (Å²) in [5.41, 5.74) is 2.11. The molecule has 2 aromatic rings. The van der Waals surface area contributed by atoms with Crippen LogP contribution >= 0.6 is 0 Å². The van der Waals surface area contributed by atoms with Crippen molar-refractivity contribution in [2.45, 2.75) is 12.3 Å². The minimum atomic E-state index is 0.00759. The fraction of sp³-hybridized carbons (Fsp3) is 0.333. The van der Waals surface area contributed by atoms with E-state index in [0.717, 1.165) is 28.4 Å². The van der Waals surface area contributed by atoms with Crippen LogP contribution in [0.4, 0.5) is 0 Å². The van der Waals surface area contributed by atoms with Gasteiger partial charge in [-0.05, 0) is 35.7 Å². The molecule has 0 aliphatic rings. The number of benzene rings is 2. The van der Waals surface area contributed by atoms with Gasteiger partial charge in [-0.3, -0.25) is 0 Å². The molecule has 118 valence electrons. The fourth-order valence-corrected chi connectivity index (χ4v) is 2.45. The van der Waals surface area contributed by atoms with Crippen LogP contribution < -0.4 is 14.2 Å². The van der Waals surface area contributed by atoms with Crippen LogP contribution in [0.2, 0.25) is 0 Å². The Bertz CT molecular complexity index is 593. The smallest absolute Gasteiger partial charge is 0.125 e. The molecule has 0 aliphatic carbocycles. The summed E-state index contributed by atoms with van der Waals surface area (Å²) in [6.07, 6.45) is 0.690. The van der Waals surface area contributed by atoms with E-state index in [0.29, 0.717) is 6.42 Å². The van der Waals surface area contributed by atoms with Crippen LogP contribution in [0.3, 0.4) is 0 Å². The largest absolute Gasteiger partial charge is 0.497 e. The summed E-state index contributed by atoms with van der Waals surface area (Å²) >= 11 is 0. The van der Waals surface area contributed by atoms with Gasteiger partial charge in [0.05, 0.1) is 27.9 Å². The van der Waals surface area contributed by atoms with Crippen LogP contribution in [-0.4, -0.2) is 33.0 Å². The van der Waals surface area contributed by atoms with E-state index in [1.54, 1.807) is 21.3 Å². The molecule has 1 N–H and O–H groups in total. The first kappa shape index (κ1) is 16.2. The third kappa shape index (κ3) is 3.71. The molecule has 0 aromatic heterocycles. The standard InChI is InChI=1S/C18H22O4/c1-20-16-7-4-13(5-8-16)15(12-19)10-14-6-9-17(21-2)11-18(14)22-3/h4-9,11,15,19H,10,12H2,1-3H3/t15-/m1/s1. The van der Waals surface area contributed by atoms with Crippen molar-refractivity contribution in [1.29, 1.82) is 0 Å². The number of methoxy groups -OCH3 is 3. The lowest BCUT2D eigenvalue weighted by molar-refractivity contribution is 0.263. The Kier molecular flexibility index (Phi) is 5.67. The van der Waals surface area contributed by atoms with Crippen molar-refractivity contribution >= 4 is 0 Å². The van der Waals surface area contributed by atoms with Crippen LogP contribution in [-0.2, 0) is 6.42 Å². The zero-order valence-electron chi connectivity index (χ0n) is 13.2. The molecule has 0 bridgehead atoms. The number of rotatable bonds is 7. The predicted octanol–water partition coefficient (Wildman–Crippen LogP) is 3.03. The molecule has 0 heterocycles. The summed E-state index contributed by atoms with van der Waals surface area (Å²) in [5.74, 6) is 2.34. The molecule has 1 atom stereocenters. The second kappa shape index (κ2) is 7.71. The van der Waals surface area contributed by atoms with E-state index in [9.17, 15) is 5.11 Å². The Morgan fingerprint density at radius 1 is 0.864 bits per heavy atom. The van der Waals surface area contributed by atoms with E-state index in [1.165, 1.54) is 0 Å². The number of ether oxygens (including phenoxy) is 3. The van der Waals surface area contributed by atoms with Gasteiger partial charge in [0.1, 0.15) is 17.2 Å². The maximum Gasteiger partial charge on any atom is 0.125 e. The number of aliphatic hydroxyl groups is 1. The normalized spacial score (nSPS) is 11.8. The Balaban J connectivity index is 2.22. The summed E-state index contributed by atoms with van der Waals surface area (Å²) in [6.45, 7) is 0.0709. The van der Waals surface area contributed by atoms with E-state index < -0.39 is 0 Å². The van der Waals surface area contributed by atoms with Crippen LogP contribution in [0, 0.1) is 0 Å². The molecule has 0 saturated carbocycles. The van der Waals surface area contributed by atoms with Crippen molar-refractivity contribution in [2.24, 2.45) is 0 Å². The highest BCUT2D eigenvalue weighted by atomic mass is 16.5. The number of hydrogen-bond acceptors (Lipinski definition) is 4. The molecule has 0 spiro atoms. The Labute approximate surface area is 131 Å². The molecule has 0 radical (unpaired) electrons. The lowest BCUT2D eigenvalue weighted by atomic mass is 9.92. The molecule has 0 unspecified atom stereocenters. The van der Waals surface area contributed by atoms with Gasteiger partial charge in [-0.25, -0.2) is 0 Å². The molecule has 22 heavy (non-hydrogen) atoms. The average Bonchev–Trinajstić information content (AvgIpc) is 2.59. The Hall–Kier alpha value is -2.20. The maximum atomic E-state index is 9.73. The number of aliphatic hydroxyl groups excluding tert-OH is 1. The second-order valence-corrected chi connectivity index (χ2v) is 5.03. The topological polar surface area (TPSA) is 47.9 Å². The second-order valence-electron chi connectivity index (χ2n) is 5.03. The van der Waals surface area contributed by atoms with Crippen LogP contribution in [0.1, 0.15) is 17.0 Å². The minimum absolute atomic E-state index is 0.00759. The third-order valence-electron chi connectivity index (χ3n) is 3.77. The number of hydrogen-bond donors (Lipinski definition) is 1. The molecule has 2 aromatic carbocycles. The Morgan fingerprint density at radius 3 is 2.05 bits per heavy atom. The molecule has 0 fully saturated rings. The maximum absolute atomic E-state index is 9.73. The van der Waals surface area contributed by atoms with Gasteiger partial charge in [-0.1, -0.05) is 18.2 Å². The van der Waals surface area contributed by atoms with Gasteiger partial charge in [0.25, 0.3) is 0 Å². The van der Waals surface area contributed by atoms with E-state index in [1.807, 2.05) is 42.5 Å². The zero-order chi connectivity index (χ0) is 15.9. The molecule has 0 aliphatic heterocycles. The van der Waals surface area contributed by atoms with Crippen LogP contribution in [0.5, 0.6) is 17.2 Å². The van der Waals surface area contributed by atoms with Crippen molar-refractivity contribution < 1.29 is 19.3 Å². The van der Waals surface area contributed by atoms with Crippen molar-refractivity contribution in [3.05, 3.63) is 53.6 Å². The van der Waals surface area contributed by atoms with E-state index in [2.05, 4.69) is 0 Å². The summed E-state index contributed by atoms with van der Waals surface area (Å²) in [5, 5.41) is 9.73. The van der Waals surface area contributed by atoms with Gasteiger partial charge < -0.3 is 19.3 Å². The molecule has 0 saturated heterocycles. The van der Waals surface area contributed by atoms with Gasteiger partial charge in [-0.2, -0.15) is 0 Å². The highest BCUT2D eigenvalue weighted by Gasteiger charge is 2.15. The molecule has 4 heteroatoms. The minimum Gasteiger partial charge on any atom is -0.497 e. The average molecular weight is 302 g/mol. The first-order valence-corrected chi connectivity index (χ1v) is 7.17. The SMILES string of the molecule is COc1ccc([C@@H](CO)Cc2ccc(OC)cc2OC)cc1. The first-order valence-electron chi connectivity index (χ1n) is 7.17. The summed E-state index contributed by atoms with van der Waals surface area (Å²) in [4.78, 5) is 0. The quantitative estimate of drug-likeness (QED) is 0.854. The first-order chi connectivity index (χ1) is 10.7. The van der Waals surface area contributed by atoms with Crippen LogP contribution in [0.15, 0.2) is 42.5 Å². The monoisotopic (exact) mass is 302 g/mol. The molecule has 0 amide bonds. The molecular weight excluding hydrogens is 280 g/mol. The molecule has 4 nitrogen and oxygen atoms in total. The highest BCUT2D eigenvalue weighted by Crippen LogP contribution is 2.30. The van der Waals surface area contributed by atoms with Gasteiger partial charge in [0.2, 0.25) is 0 Å². The van der Waals surface area contributed by atoms with E-state index >= 15 is 0 Å². The summed E-state index contributed by atoms with van der Waals surface area (Å²) in [6, 6.07) is 13.5. The van der Waals surface area contributed by atoms with Gasteiger partial charge in [0.15, 0.2) is 0 Å². The van der Waals surface area contributed by atoms with Crippen molar-refractivity contribution in [2.75, 3.05) is 27.9 Å². The molecule has 2 rings (SSSR count). The fourth-order valence-electron chi connectivity index (χ4n) is 2.45. The Morgan fingerprint density at radius 2 is 1.50 bits per heavy atom. The lowest BCUT2D eigenvalue weighted by Gasteiger charge is -2.17. The van der Waals surface area contributed by atoms with Crippen molar-refractivity contribution in [3.8, 4) is 17.2 Å². The van der Waals surface area contributed by atoms with Gasteiger partial charge >= 0.3 is 0 Å². The predicted molar refractivity (Wildman–Crippen MR) is 86.1 cm³/mol. The third-order valence-corrected chi connectivity index (χ3v) is 3.77. The van der Waals surface area contributed by atoms with E-state index in [4.69, 9.17) is 14.2 Å².